The molecule has 3 unspecified atom stereocenters. The fraction of sp³-hybridized carbons (Fsp3) is 0.917. The quantitative estimate of drug-likeness (QED) is 0.722. The van der Waals surface area contributed by atoms with Crippen LogP contribution in [-0.4, -0.2) is 23.8 Å². The van der Waals surface area contributed by atoms with E-state index in [1.807, 2.05) is 6.92 Å². The van der Waals surface area contributed by atoms with Gasteiger partial charge in [-0.3, -0.25) is 4.79 Å². The lowest BCUT2D eigenvalue weighted by molar-refractivity contribution is -0.118. The lowest BCUT2D eigenvalue weighted by Gasteiger charge is -2.15. The average Bonchev–Trinajstić information content (AvgIpc) is 2.60. The molecule has 2 aliphatic carbocycles. The number of Topliss-reactive ketones (excluding diaryl/α,β-unsaturated/α-hetero) is 1. The minimum atomic E-state index is -0.602. The minimum absolute atomic E-state index is 0.439. The van der Waals surface area contributed by atoms with Crippen molar-refractivity contribution < 1.29 is 14.6 Å². The first-order valence-electron chi connectivity index (χ1n) is 6.00. The monoisotopic (exact) mass is 212 g/mol. The number of hydrogen-bond acceptors (Lipinski definition) is 3. The predicted molar refractivity (Wildman–Crippen MR) is 56.2 cm³/mol. The fourth-order valence-electron chi connectivity index (χ4n) is 3.24. The molecule has 3 nitrogen and oxygen atoms in total. The van der Waals surface area contributed by atoms with Crippen molar-refractivity contribution in [1.82, 2.24) is 0 Å². The van der Waals surface area contributed by atoms with E-state index in [2.05, 4.69) is 0 Å². The molecule has 2 rings (SSSR count). The van der Waals surface area contributed by atoms with Crippen molar-refractivity contribution in [2.45, 2.75) is 45.3 Å². The normalized spacial score (nSPS) is 36.9. The molecule has 2 fully saturated rings. The molecular formula is C12H20O3. The summed E-state index contributed by atoms with van der Waals surface area (Å²) in [4.78, 5) is 11.2. The Labute approximate surface area is 90.8 Å². The van der Waals surface area contributed by atoms with Gasteiger partial charge < -0.3 is 9.84 Å². The molecule has 1 N–H and O–H groups in total. The van der Waals surface area contributed by atoms with Gasteiger partial charge in [0.25, 0.3) is 0 Å². The van der Waals surface area contributed by atoms with Gasteiger partial charge in [-0.05, 0) is 37.5 Å². The second-order valence-electron chi connectivity index (χ2n) is 4.95. The van der Waals surface area contributed by atoms with Crippen molar-refractivity contribution in [3.8, 4) is 0 Å². The van der Waals surface area contributed by atoms with Crippen LogP contribution in [0.5, 0.6) is 0 Å². The Morgan fingerprint density at radius 1 is 1.40 bits per heavy atom. The van der Waals surface area contributed by atoms with Crippen LogP contribution >= 0.6 is 0 Å². The van der Waals surface area contributed by atoms with E-state index in [0.717, 1.165) is 32.1 Å². The first-order chi connectivity index (χ1) is 7.19. The van der Waals surface area contributed by atoms with Gasteiger partial charge in [-0.1, -0.05) is 0 Å². The highest BCUT2D eigenvalue weighted by Crippen LogP contribution is 2.46. The summed E-state index contributed by atoms with van der Waals surface area (Å²) in [5.74, 6) is 2.22. The highest BCUT2D eigenvalue weighted by atomic mass is 16.6. The molecule has 0 aromatic carbocycles. The molecule has 0 saturated heterocycles. The standard InChI is InChI=1S/C12H20O3/c1-2-15-12(14)5-8-3-9-6-11(13)7-10(9)4-8/h8-10,12,14H,2-7H2,1H3. The molecule has 0 bridgehead atoms. The van der Waals surface area contributed by atoms with E-state index in [1.165, 1.54) is 0 Å². The molecule has 0 aromatic heterocycles. The molecule has 0 heterocycles. The van der Waals surface area contributed by atoms with E-state index in [9.17, 15) is 9.90 Å². The smallest absolute Gasteiger partial charge is 0.154 e. The summed E-state index contributed by atoms with van der Waals surface area (Å²) in [6, 6.07) is 0. The maximum absolute atomic E-state index is 11.2. The number of fused-ring (bicyclic) bond motifs is 1. The molecule has 0 radical (unpaired) electrons. The Hall–Kier alpha value is -0.410. The zero-order chi connectivity index (χ0) is 10.8. The molecule has 86 valence electrons. The van der Waals surface area contributed by atoms with Gasteiger partial charge in [0, 0.05) is 25.9 Å². The van der Waals surface area contributed by atoms with Gasteiger partial charge in [0.1, 0.15) is 5.78 Å². The molecular weight excluding hydrogens is 192 g/mol. The highest BCUT2D eigenvalue weighted by Gasteiger charge is 2.41. The van der Waals surface area contributed by atoms with Crippen LogP contribution < -0.4 is 0 Å². The van der Waals surface area contributed by atoms with E-state index >= 15 is 0 Å². The second-order valence-corrected chi connectivity index (χ2v) is 4.95. The van der Waals surface area contributed by atoms with Crippen LogP contribution in [0.1, 0.15) is 39.0 Å². The predicted octanol–water partition coefficient (Wildman–Crippen LogP) is 1.74. The van der Waals surface area contributed by atoms with Gasteiger partial charge in [-0.25, -0.2) is 0 Å². The largest absolute Gasteiger partial charge is 0.368 e. The SMILES string of the molecule is CCOC(O)CC1CC2CC(=O)CC2C1. The fourth-order valence-corrected chi connectivity index (χ4v) is 3.24. The molecule has 0 aromatic rings. The summed E-state index contributed by atoms with van der Waals surface area (Å²) < 4.78 is 5.14. The molecule has 0 spiro atoms. The maximum Gasteiger partial charge on any atom is 0.154 e. The maximum atomic E-state index is 11.2. The van der Waals surface area contributed by atoms with Crippen molar-refractivity contribution >= 4 is 5.78 Å². The lowest BCUT2D eigenvalue weighted by atomic mass is 9.99. The Balaban J connectivity index is 1.77. The number of ether oxygens (including phenoxy) is 1. The summed E-state index contributed by atoms with van der Waals surface area (Å²) >= 11 is 0. The van der Waals surface area contributed by atoms with Crippen molar-refractivity contribution in [2.24, 2.45) is 17.8 Å². The Bertz CT molecular complexity index is 223. The number of ketones is 1. The molecule has 3 heteroatoms. The second kappa shape index (κ2) is 4.62. The Morgan fingerprint density at radius 3 is 2.53 bits per heavy atom. The molecule has 0 aliphatic heterocycles. The molecule has 3 atom stereocenters. The molecule has 2 aliphatic rings. The summed E-state index contributed by atoms with van der Waals surface area (Å²) in [7, 11) is 0. The minimum Gasteiger partial charge on any atom is -0.368 e. The number of carbonyl (C=O) groups excluding carboxylic acids is 1. The summed E-state index contributed by atoms with van der Waals surface area (Å²) in [6.45, 7) is 2.46. The third kappa shape index (κ3) is 2.58. The van der Waals surface area contributed by atoms with Crippen LogP contribution in [0.4, 0.5) is 0 Å². The van der Waals surface area contributed by atoms with Crippen LogP contribution in [-0.2, 0) is 9.53 Å². The van der Waals surface area contributed by atoms with Crippen molar-refractivity contribution in [1.29, 1.82) is 0 Å². The zero-order valence-corrected chi connectivity index (χ0v) is 9.32. The van der Waals surface area contributed by atoms with Gasteiger partial charge in [-0.2, -0.15) is 0 Å². The summed E-state index contributed by atoms with van der Waals surface area (Å²) in [5, 5.41) is 9.54. The highest BCUT2D eigenvalue weighted by molar-refractivity contribution is 5.81. The van der Waals surface area contributed by atoms with E-state index in [-0.39, 0.29) is 0 Å². The molecule has 15 heavy (non-hydrogen) atoms. The van der Waals surface area contributed by atoms with Crippen LogP contribution in [0.25, 0.3) is 0 Å². The van der Waals surface area contributed by atoms with Gasteiger partial charge >= 0.3 is 0 Å². The van der Waals surface area contributed by atoms with Gasteiger partial charge in [-0.15, -0.1) is 0 Å². The molecule has 0 amide bonds. The average molecular weight is 212 g/mol. The number of hydrogen-bond donors (Lipinski definition) is 1. The number of aliphatic hydroxyl groups is 1. The van der Waals surface area contributed by atoms with Crippen molar-refractivity contribution in [3.05, 3.63) is 0 Å². The zero-order valence-electron chi connectivity index (χ0n) is 9.32. The van der Waals surface area contributed by atoms with Gasteiger partial charge in [0.2, 0.25) is 0 Å². The topological polar surface area (TPSA) is 46.5 Å². The van der Waals surface area contributed by atoms with Gasteiger partial charge in [0.05, 0.1) is 0 Å². The van der Waals surface area contributed by atoms with E-state index in [1.54, 1.807) is 0 Å². The van der Waals surface area contributed by atoms with Crippen LogP contribution in [0.15, 0.2) is 0 Å². The molecule has 2 saturated carbocycles. The van der Waals surface area contributed by atoms with Crippen molar-refractivity contribution in [3.63, 3.8) is 0 Å². The number of rotatable bonds is 4. The number of aliphatic hydroxyl groups excluding tert-OH is 1. The Kier molecular flexibility index (Phi) is 3.42. The lowest BCUT2D eigenvalue weighted by Crippen LogP contribution is -2.16. The van der Waals surface area contributed by atoms with E-state index in [0.29, 0.717) is 30.1 Å². The summed E-state index contributed by atoms with van der Waals surface area (Å²) in [5.41, 5.74) is 0. The Morgan fingerprint density at radius 2 is 2.00 bits per heavy atom. The van der Waals surface area contributed by atoms with E-state index in [4.69, 9.17) is 4.74 Å². The van der Waals surface area contributed by atoms with Gasteiger partial charge in [0.15, 0.2) is 6.29 Å². The third-order valence-electron chi connectivity index (χ3n) is 3.81. The number of carbonyl (C=O) groups is 1. The van der Waals surface area contributed by atoms with Crippen LogP contribution in [0.2, 0.25) is 0 Å². The van der Waals surface area contributed by atoms with Crippen LogP contribution in [0, 0.1) is 17.8 Å². The first kappa shape index (κ1) is 11.1. The summed E-state index contributed by atoms with van der Waals surface area (Å²) in [6.07, 6.45) is 3.93. The third-order valence-corrected chi connectivity index (χ3v) is 3.81. The van der Waals surface area contributed by atoms with E-state index < -0.39 is 6.29 Å². The van der Waals surface area contributed by atoms with Crippen molar-refractivity contribution in [2.75, 3.05) is 6.61 Å². The first-order valence-corrected chi connectivity index (χ1v) is 6.00. The van der Waals surface area contributed by atoms with Crippen LogP contribution in [0.3, 0.4) is 0 Å².